The second-order valence-corrected chi connectivity index (χ2v) is 10.8. The van der Waals surface area contributed by atoms with Gasteiger partial charge in [0, 0.05) is 30.9 Å². The number of imidazole rings is 1. The summed E-state index contributed by atoms with van der Waals surface area (Å²) in [6.07, 6.45) is 7.82. The Morgan fingerprint density at radius 3 is 2.54 bits per heavy atom. The molecule has 2 aromatic heterocycles. The molecule has 1 saturated carbocycles. The van der Waals surface area contributed by atoms with Crippen molar-refractivity contribution in [2.75, 3.05) is 11.9 Å². The van der Waals surface area contributed by atoms with Crippen LogP contribution in [0.5, 0.6) is 5.75 Å². The monoisotopic (exact) mass is 554 g/mol. The van der Waals surface area contributed by atoms with Crippen molar-refractivity contribution >= 4 is 28.9 Å². The Hall–Kier alpha value is -4.20. The maximum Gasteiger partial charge on any atom is 0.511 e. The molecule has 0 saturated heterocycles. The van der Waals surface area contributed by atoms with E-state index in [4.69, 9.17) is 19.8 Å². The van der Waals surface area contributed by atoms with Crippen LogP contribution in [0.3, 0.4) is 0 Å². The molecule has 0 spiro atoms. The first-order chi connectivity index (χ1) is 20.0. The predicted octanol–water partition coefficient (Wildman–Crippen LogP) is 7.50. The molecule has 8 nitrogen and oxygen atoms in total. The highest BCUT2D eigenvalue weighted by Gasteiger charge is 2.20. The number of carboxylic acid groups (broad SMARTS) is 1. The number of ether oxygens (including phenoxy) is 1. The summed E-state index contributed by atoms with van der Waals surface area (Å²) in [5.41, 5.74) is 4.36. The van der Waals surface area contributed by atoms with Crippen LogP contribution in [0, 0.1) is 5.92 Å². The Morgan fingerprint density at radius 1 is 1.00 bits per heavy atom. The molecular formula is C33H38N4O4. The van der Waals surface area contributed by atoms with E-state index in [0.29, 0.717) is 31.0 Å². The van der Waals surface area contributed by atoms with Crippen LogP contribution in [0.4, 0.5) is 10.6 Å². The van der Waals surface area contributed by atoms with Gasteiger partial charge < -0.3 is 19.7 Å². The van der Waals surface area contributed by atoms with E-state index in [9.17, 15) is 9.59 Å². The van der Waals surface area contributed by atoms with Crippen molar-refractivity contribution in [2.24, 2.45) is 5.92 Å². The number of nitrogens with one attached hydrogen (secondary N) is 1. The SMILES string of the molecule is CCCCc1nc2ccc(NCCC(=O)C3CCCCC3)nc2n1Cc1ccc(-c2ccccc2OC(=O)O)cc1. The van der Waals surface area contributed by atoms with E-state index in [1.807, 2.05) is 48.5 Å². The molecule has 0 radical (unpaired) electrons. The third-order valence-corrected chi connectivity index (χ3v) is 7.85. The number of para-hydroxylation sites is 1. The van der Waals surface area contributed by atoms with Gasteiger partial charge in [0.2, 0.25) is 0 Å². The highest BCUT2D eigenvalue weighted by atomic mass is 16.7. The number of carbonyl (C=O) groups excluding carboxylic acids is 1. The number of unbranched alkanes of at least 4 members (excludes halogenated alkanes) is 1. The molecule has 214 valence electrons. The topological polar surface area (TPSA) is 106 Å². The van der Waals surface area contributed by atoms with Crippen LogP contribution in [-0.4, -0.2) is 38.1 Å². The summed E-state index contributed by atoms with van der Waals surface area (Å²) < 4.78 is 7.15. The van der Waals surface area contributed by atoms with E-state index in [2.05, 4.69) is 16.8 Å². The van der Waals surface area contributed by atoms with Gasteiger partial charge in [-0.15, -0.1) is 0 Å². The molecule has 2 heterocycles. The molecule has 0 atom stereocenters. The number of hydrogen-bond acceptors (Lipinski definition) is 6. The van der Waals surface area contributed by atoms with Crippen molar-refractivity contribution in [1.29, 1.82) is 0 Å². The van der Waals surface area contributed by atoms with Gasteiger partial charge in [0.15, 0.2) is 5.65 Å². The molecule has 0 amide bonds. The Kier molecular flexibility index (Phi) is 9.29. The summed E-state index contributed by atoms with van der Waals surface area (Å²) in [5.74, 6) is 2.66. The number of aryl methyl sites for hydroxylation is 1. The second-order valence-electron chi connectivity index (χ2n) is 10.8. The summed E-state index contributed by atoms with van der Waals surface area (Å²) in [7, 11) is 0. The van der Waals surface area contributed by atoms with Crippen LogP contribution in [0.15, 0.2) is 60.7 Å². The number of anilines is 1. The van der Waals surface area contributed by atoms with E-state index in [0.717, 1.165) is 71.6 Å². The highest BCUT2D eigenvalue weighted by molar-refractivity contribution is 5.81. The third kappa shape index (κ3) is 7.12. The molecule has 0 aliphatic heterocycles. The van der Waals surface area contributed by atoms with Gasteiger partial charge in [-0.1, -0.05) is 75.1 Å². The fourth-order valence-electron chi connectivity index (χ4n) is 5.64. The minimum absolute atomic E-state index is 0.230. The summed E-state index contributed by atoms with van der Waals surface area (Å²) in [6.45, 7) is 3.37. The van der Waals surface area contributed by atoms with Crippen LogP contribution in [0.25, 0.3) is 22.3 Å². The van der Waals surface area contributed by atoms with E-state index in [1.54, 1.807) is 12.1 Å². The summed E-state index contributed by atoms with van der Waals surface area (Å²) in [4.78, 5) is 33.6. The van der Waals surface area contributed by atoms with Gasteiger partial charge >= 0.3 is 6.16 Å². The zero-order chi connectivity index (χ0) is 28.6. The number of Topliss-reactive ketones (excluding diaryl/α,β-unsaturated/α-hetero) is 1. The number of benzene rings is 2. The van der Waals surface area contributed by atoms with E-state index >= 15 is 0 Å². The quantitative estimate of drug-likeness (QED) is 0.138. The highest BCUT2D eigenvalue weighted by Crippen LogP contribution is 2.31. The zero-order valence-electron chi connectivity index (χ0n) is 23.6. The number of hydrogen-bond donors (Lipinski definition) is 2. The van der Waals surface area contributed by atoms with E-state index in [1.165, 1.54) is 19.3 Å². The van der Waals surface area contributed by atoms with Crippen molar-refractivity contribution in [3.8, 4) is 16.9 Å². The van der Waals surface area contributed by atoms with Gasteiger partial charge in [-0.3, -0.25) is 4.79 Å². The predicted molar refractivity (Wildman–Crippen MR) is 160 cm³/mol. The van der Waals surface area contributed by atoms with Gasteiger partial charge in [-0.05, 0) is 48.6 Å². The third-order valence-electron chi connectivity index (χ3n) is 7.85. The lowest BCUT2D eigenvalue weighted by Gasteiger charge is -2.20. The lowest BCUT2D eigenvalue weighted by molar-refractivity contribution is -0.123. The minimum Gasteiger partial charge on any atom is -0.449 e. The van der Waals surface area contributed by atoms with Gasteiger partial charge in [0.1, 0.15) is 28.7 Å². The van der Waals surface area contributed by atoms with Gasteiger partial charge in [-0.25, -0.2) is 14.8 Å². The number of fused-ring (bicyclic) bond motifs is 1. The molecule has 4 aromatic rings. The van der Waals surface area contributed by atoms with Crippen LogP contribution in [0.1, 0.15) is 69.7 Å². The van der Waals surface area contributed by atoms with Crippen molar-refractivity contribution in [3.05, 3.63) is 72.1 Å². The van der Waals surface area contributed by atoms with Crippen LogP contribution < -0.4 is 10.1 Å². The summed E-state index contributed by atoms with van der Waals surface area (Å²) in [6, 6.07) is 19.1. The van der Waals surface area contributed by atoms with Crippen LogP contribution in [-0.2, 0) is 17.8 Å². The molecule has 5 rings (SSSR count). The van der Waals surface area contributed by atoms with Crippen molar-refractivity contribution in [3.63, 3.8) is 0 Å². The molecule has 2 aromatic carbocycles. The summed E-state index contributed by atoms with van der Waals surface area (Å²) in [5, 5.41) is 12.5. The molecule has 0 bridgehead atoms. The fraction of sp³-hybridized carbons (Fsp3) is 0.394. The number of ketones is 1. The first kappa shape index (κ1) is 28.3. The van der Waals surface area contributed by atoms with Crippen LogP contribution in [0.2, 0.25) is 0 Å². The van der Waals surface area contributed by atoms with Crippen molar-refractivity contribution < 1.29 is 19.4 Å². The first-order valence-electron chi connectivity index (χ1n) is 14.7. The average molecular weight is 555 g/mol. The largest absolute Gasteiger partial charge is 0.511 e. The standard InChI is InChI=1S/C33H38N4O4/c1-2-3-13-31-35-27-18-19-30(34-21-20-28(38)25-9-5-4-6-10-25)36-32(27)37(31)22-23-14-16-24(17-15-23)26-11-7-8-12-29(26)41-33(39)40/h7-8,11-12,14-19,25H,2-6,9-10,13,20-22H2,1H3,(H,34,36)(H,39,40). The normalized spacial score (nSPS) is 13.8. The number of nitrogens with zero attached hydrogens (tertiary/aromatic N) is 3. The second kappa shape index (κ2) is 13.4. The Morgan fingerprint density at radius 2 is 1.78 bits per heavy atom. The van der Waals surface area contributed by atoms with Crippen molar-refractivity contribution in [1.82, 2.24) is 14.5 Å². The molecule has 0 unspecified atom stereocenters. The van der Waals surface area contributed by atoms with Crippen LogP contribution >= 0.6 is 0 Å². The molecule has 8 heteroatoms. The Balaban J connectivity index is 1.33. The minimum atomic E-state index is -1.34. The zero-order valence-corrected chi connectivity index (χ0v) is 23.6. The number of pyridine rings is 1. The van der Waals surface area contributed by atoms with Gasteiger partial charge in [0.25, 0.3) is 0 Å². The lowest BCUT2D eigenvalue weighted by atomic mass is 9.85. The molecule has 1 fully saturated rings. The van der Waals surface area contributed by atoms with Crippen molar-refractivity contribution in [2.45, 2.75) is 71.3 Å². The molecule has 2 N–H and O–H groups in total. The average Bonchev–Trinajstić information content (AvgIpc) is 3.33. The first-order valence-corrected chi connectivity index (χ1v) is 14.7. The summed E-state index contributed by atoms with van der Waals surface area (Å²) >= 11 is 0. The Labute approximate surface area is 240 Å². The van der Waals surface area contributed by atoms with Gasteiger partial charge in [0.05, 0.1) is 6.54 Å². The van der Waals surface area contributed by atoms with E-state index < -0.39 is 6.16 Å². The number of aromatic nitrogens is 3. The Bertz CT molecular complexity index is 1490. The number of rotatable bonds is 12. The molecule has 1 aliphatic rings. The molecule has 41 heavy (non-hydrogen) atoms. The van der Waals surface area contributed by atoms with Gasteiger partial charge in [-0.2, -0.15) is 0 Å². The van der Waals surface area contributed by atoms with E-state index in [-0.39, 0.29) is 5.92 Å². The smallest absolute Gasteiger partial charge is 0.449 e. The maximum atomic E-state index is 12.6. The molecular weight excluding hydrogens is 516 g/mol. The lowest BCUT2D eigenvalue weighted by Crippen LogP contribution is -2.20. The maximum absolute atomic E-state index is 12.6. The number of carbonyl (C=O) groups is 2. The molecule has 1 aliphatic carbocycles. The fourth-order valence-corrected chi connectivity index (χ4v) is 5.64.